The molecule has 0 unspecified atom stereocenters. The van der Waals surface area contributed by atoms with E-state index in [0.717, 1.165) is 37.8 Å². The summed E-state index contributed by atoms with van der Waals surface area (Å²) in [6.45, 7) is 2.33. The van der Waals surface area contributed by atoms with Crippen molar-refractivity contribution in [1.82, 2.24) is 10.3 Å². The molecule has 0 bridgehead atoms. The molecule has 1 aliphatic rings. The van der Waals surface area contributed by atoms with Gasteiger partial charge in [0, 0.05) is 11.9 Å². The molecule has 1 aliphatic carbocycles. The van der Waals surface area contributed by atoms with Gasteiger partial charge in [0.1, 0.15) is 0 Å². The van der Waals surface area contributed by atoms with E-state index in [1.807, 2.05) is 12.3 Å². The van der Waals surface area contributed by atoms with Gasteiger partial charge in [-0.2, -0.15) is 0 Å². The largest absolute Gasteiger partial charge is 0.388 e. The van der Waals surface area contributed by atoms with Gasteiger partial charge in [0.2, 0.25) is 0 Å². The number of urea groups is 1. The summed E-state index contributed by atoms with van der Waals surface area (Å²) in [4.78, 5) is 15.9. The molecule has 18 heavy (non-hydrogen) atoms. The second-order valence-corrected chi connectivity index (χ2v) is 5.59. The van der Waals surface area contributed by atoms with Crippen molar-refractivity contribution >= 4 is 22.5 Å². The molecule has 100 valence electrons. The zero-order valence-electron chi connectivity index (χ0n) is 10.5. The summed E-state index contributed by atoms with van der Waals surface area (Å²) < 4.78 is 0. The number of amides is 2. The van der Waals surface area contributed by atoms with Crippen LogP contribution in [0.1, 0.15) is 38.3 Å². The molecule has 1 aromatic rings. The number of nitrogens with zero attached hydrogens (tertiary/aromatic N) is 1. The minimum atomic E-state index is -0.713. The van der Waals surface area contributed by atoms with Crippen LogP contribution in [0.2, 0.25) is 0 Å². The van der Waals surface area contributed by atoms with Crippen LogP contribution >= 0.6 is 11.3 Å². The maximum Gasteiger partial charge on any atom is 0.321 e. The van der Waals surface area contributed by atoms with Gasteiger partial charge in [0.25, 0.3) is 0 Å². The molecule has 0 radical (unpaired) electrons. The molecule has 5 nitrogen and oxygen atoms in total. The number of thiazole rings is 1. The topological polar surface area (TPSA) is 74.2 Å². The predicted molar refractivity (Wildman–Crippen MR) is 71.9 cm³/mol. The maximum atomic E-state index is 11.6. The standard InChI is InChI=1S/C12H19N3O2S/c1-2-9-7-18-11(14-9)15-10(16)13-8-12(17)5-3-4-6-12/h7,17H,2-6,8H2,1H3,(H2,13,14,15,16). The minimum absolute atomic E-state index is 0.299. The van der Waals surface area contributed by atoms with E-state index in [2.05, 4.69) is 15.6 Å². The fourth-order valence-corrected chi connectivity index (χ4v) is 2.91. The summed E-state index contributed by atoms with van der Waals surface area (Å²) in [5.41, 5.74) is 0.263. The van der Waals surface area contributed by atoms with Gasteiger partial charge in [0.05, 0.1) is 11.3 Å². The third-order valence-corrected chi connectivity index (χ3v) is 4.05. The van der Waals surface area contributed by atoms with Crippen LogP contribution in [-0.4, -0.2) is 28.3 Å². The average molecular weight is 269 g/mol. The third-order valence-electron chi connectivity index (χ3n) is 3.25. The zero-order chi connectivity index (χ0) is 13.0. The molecule has 3 N–H and O–H groups in total. The molecule has 1 aromatic heterocycles. The molecular weight excluding hydrogens is 250 g/mol. The molecular formula is C12H19N3O2S. The van der Waals surface area contributed by atoms with Crippen LogP contribution in [0.3, 0.4) is 0 Å². The Kier molecular flexibility index (Phi) is 4.19. The summed E-state index contributed by atoms with van der Waals surface area (Å²) in [6.07, 6.45) is 4.47. The maximum absolute atomic E-state index is 11.6. The quantitative estimate of drug-likeness (QED) is 0.784. The van der Waals surface area contributed by atoms with E-state index < -0.39 is 5.60 Å². The molecule has 0 saturated heterocycles. The van der Waals surface area contributed by atoms with Gasteiger partial charge in [-0.05, 0) is 19.3 Å². The van der Waals surface area contributed by atoms with E-state index in [9.17, 15) is 9.90 Å². The van der Waals surface area contributed by atoms with Gasteiger partial charge in [-0.25, -0.2) is 9.78 Å². The Bertz CT molecular complexity index is 413. The summed E-state index contributed by atoms with van der Waals surface area (Å²) in [6, 6.07) is -0.299. The molecule has 1 fully saturated rings. The number of nitrogens with one attached hydrogen (secondary N) is 2. The van der Waals surface area contributed by atoms with Gasteiger partial charge in [-0.1, -0.05) is 19.8 Å². The second kappa shape index (κ2) is 5.67. The number of aryl methyl sites for hydroxylation is 1. The van der Waals surface area contributed by atoms with Gasteiger partial charge in [0.15, 0.2) is 5.13 Å². The SMILES string of the molecule is CCc1csc(NC(=O)NCC2(O)CCCC2)n1. The third kappa shape index (κ3) is 3.43. The average Bonchev–Trinajstić information content (AvgIpc) is 2.96. The van der Waals surface area contributed by atoms with Crippen LogP contribution in [0, 0.1) is 0 Å². The fraction of sp³-hybridized carbons (Fsp3) is 0.667. The van der Waals surface area contributed by atoms with Crippen LogP contribution in [0.25, 0.3) is 0 Å². The number of rotatable bonds is 4. The Morgan fingerprint density at radius 3 is 2.89 bits per heavy atom. The summed E-state index contributed by atoms with van der Waals surface area (Å²) >= 11 is 1.41. The van der Waals surface area contributed by atoms with Gasteiger partial charge >= 0.3 is 6.03 Å². The highest BCUT2D eigenvalue weighted by atomic mass is 32.1. The van der Waals surface area contributed by atoms with Crippen molar-refractivity contribution in [2.45, 2.75) is 44.6 Å². The highest BCUT2D eigenvalue weighted by Crippen LogP contribution is 2.28. The number of anilines is 1. The molecule has 2 amide bonds. The first-order valence-corrected chi connectivity index (χ1v) is 7.21. The number of carbonyl (C=O) groups excluding carboxylic acids is 1. The number of aromatic nitrogens is 1. The highest BCUT2D eigenvalue weighted by Gasteiger charge is 2.31. The van der Waals surface area contributed by atoms with Crippen LogP contribution in [0.4, 0.5) is 9.93 Å². The van der Waals surface area contributed by atoms with Crippen LogP contribution < -0.4 is 10.6 Å². The van der Waals surface area contributed by atoms with Gasteiger partial charge in [-0.15, -0.1) is 11.3 Å². The highest BCUT2D eigenvalue weighted by molar-refractivity contribution is 7.13. The lowest BCUT2D eigenvalue weighted by molar-refractivity contribution is 0.0506. The van der Waals surface area contributed by atoms with E-state index in [1.54, 1.807) is 0 Å². The lowest BCUT2D eigenvalue weighted by Gasteiger charge is -2.22. The first kappa shape index (κ1) is 13.3. The normalized spacial score (nSPS) is 17.7. The van der Waals surface area contributed by atoms with Crippen LogP contribution in [0.5, 0.6) is 0 Å². The van der Waals surface area contributed by atoms with Crippen molar-refractivity contribution in [3.05, 3.63) is 11.1 Å². The Balaban J connectivity index is 1.78. The molecule has 1 saturated carbocycles. The van der Waals surface area contributed by atoms with Crippen molar-refractivity contribution in [2.75, 3.05) is 11.9 Å². The number of carbonyl (C=O) groups is 1. The van der Waals surface area contributed by atoms with E-state index in [4.69, 9.17) is 0 Å². The number of hydrogen-bond acceptors (Lipinski definition) is 4. The molecule has 0 aliphatic heterocycles. The second-order valence-electron chi connectivity index (χ2n) is 4.74. The molecule has 1 heterocycles. The summed E-state index contributed by atoms with van der Waals surface area (Å²) in [7, 11) is 0. The lowest BCUT2D eigenvalue weighted by Crippen LogP contribution is -2.42. The zero-order valence-corrected chi connectivity index (χ0v) is 11.3. The Morgan fingerprint density at radius 2 is 2.28 bits per heavy atom. The fourth-order valence-electron chi connectivity index (χ4n) is 2.12. The number of aliphatic hydroxyl groups is 1. The van der Waals surface area contributed by atoms with E-state index in [0.29, 0.717) is 11.7 Å². The molecule has 0 spiro atoms. The Labute approximate surface area is 111 Å². The van der Waals surface area contributed by atoms with E-state index in [-0.39, 0.29) is 6.03 Å². The lowest BCUT2D eigenvalue weighted by atomic mass is 10.0. The smallest absolute Gasteiger partial charge is 0.321 e. The number of hydrogen-bond donors (Lipinski definition) is 3. The first-order valence-electron chi connectivity index (χ1n) is 6.33. The molecule has 6 heteroatoms. The van der Waals surface area contributed by atoms with E-state index in [1.165, 1.54) is 11.3 Å². The van der Waals surface area contributed by atoms with Crippen molar-refractivity contribution in [3.8, 4) is 0 Å². The van der Waals surface area contributed by atoms with Gasteiger partial charge < -0.3 is 10.4 Å². The summed E-state index contributed by atoms with van der Waals surface area (Å²) in [5.74, 6) is 0. The van der Waals surface area contributed by atoms with Crippen molar-refractivity contribution in [2.24, 2.45) is 0 Å². The molecule has 0 aromatic carbocycles. The summed E-state index contributed by atoms with van der Waals surface area (Å²) in [5, 5.41) is 18.0. The Morgan fingerprint density at radius 1 is 1.56 bits per heavy atom. The monoisotopic (exact) mass is 269 g/mol. The van der Waals surface area contributed by atoms with Crippen LogP contribution in [-0.2, 0) is 6.42 Å². The van der Waals surface area contributed by atoms with Gasteiger partial charge in [-0.3, -0.25) is 5.32 Å². The van der Waals surface area contributed by atoms with Crippen molar-refractivity contribution < 1.29 is 9.90 Å². The Hall–Kier alpha value is -1.14. The molecule has 2 rings (SSSR count). The minimum Gasteiger partial charge on any atom is -0.388 e. The first-order chi connectivity index (χ1) is 8.61. The van der Waals surface area contributed by atoms with Crippen molar-refractivity contribution in [3.63, 3.8) is 0 Å². The molecule has 0 atom stereocenters. The van der Waals surface area contributed by atoms with E-state index >= 15 is 0 Å². The predicted octanol–water partition coefficient (Wildman–Crippen LogP) is 2.13. The van der Waals surface area contributed by atoms with Crippen LogP contribution in [0.15, 0.2) is 5.38 Å². The van der Waals surface area contributed by atoms with Crippen molar-refractivity contribution in [1.29, 1.82) is 0 Å².